The summed E-state index contributed by atoms with van der Waals surface area (Å²) in [4.78, 5) is 5.00. The lowest BCUT2D eigenvalue weighted by Gasteiger charge is -2.32. The van der Waals surface area contributed by atoms with Crippen LogP contribution >= 0.6 is 0 Å². The van der Waals surface area contributed by atoms with E-state index in [9.17, 15) is 0 Å². The molecule has 0 saturated carbocycles. The van der Waals surface area contributed by atoms with E-state index in [-0.39, 0.29) is 0 Å². The highest BCUT2D eigenvalue weighted by molar-refractivity contribution is 5.58. The van der Waals surface area contributed by atoms with Gasteiger partial charge in [0.25, 0.3) is 0 Å². The van der Waals surface area contributed by atoms with Gasteiger partial charge in [-0.05, 0) is 75.5 Å². The van der Waals surface area contributed by atoms with Crippen molar-refractivity contribution in [2.45, 2.75) is 32.2 Å². The predicted octanol–water partition coefficient (Wildman–Crippen LogP) is 2.50. The number of nitrogens with zero attached hydrogens (tertiary/aromatic N) is 2. The van der Waals surface area contributed by atoms with Gasteiger partial charge in [-0.15, -0.1) is 0 Å². The quantitative estimate of drug-likeness (QED) is 0.897. The number of benzene rings is 1. The van der Waals surface area contributed by atoms with Crippen LogP contribution in [-0.2, 0) is 13.0 Å². The second-order valence-electron chi connectivity index (χ2n) is 6.75. The van der Waals surface area contributed by atoms with Gasteiger partial charge in [0.2, 0.25) is 0 Å². The molecule has 0 atom stereocenters. The average molecular weight is 287 g/mol. The molecular weight excluding hydrogens is 258 g/mol. The minimum atomic E-state index is 0.933. The molecule has 3 nitrogen and oxygen atoms in total. The maximum absolute atomic E-state index is 3.28. The van der Waals surface area contributed by atoms with Gasteiger partial charge in [-0.1, -0.05) is 12.1 Å². The normalized spacial score (nSPS) is 20.0. The first kappa shape index (κ1) is 14.9. The summed E-state index contributed by atoms with van der Waals surface area (Å²) in [5, 5.41) is 3.28. The maximum Gasteiger partial charge on any atom is 0.0397 e. The molecule has 0 radical (unpaired) electrons. The van der Waals surface area contributed by atoms with Gasteiger partial charge in [0.15, 0.2) is 0 Å². The summed E-state index contributed by atoms with van der Waals surface area (Å²) in [7, 11) is 4.25. The van der Waals surface area contributed by atoms with E-state index in [2.05, 4.69) is 47.4 Å². The lowest BCUT2D eigenvalue weighted by atomic mass is 9.93. The van der Waals surface area contributed by atoms with Gasteiger partial charge in [-0.2, -0.15) is 0 Å². The lowest BCUT2D eigenvalue weighted by molar-refractivity contribution is 0.172. The smallest absolute Gasteiger partial charge is 0.0397 e. The van der Waals surface area contributed by atoms with Gasteiger partial charge in [0, 0.05) is 25.8 Å². The third kappa shape index (κ3) is 3.58. The molecule has 0 bridgehead atoms. The van der Waals surface area contributed by atoms with Crippen LogP contribution in [0.5, 0.6) is 0 Å². The molecule has 1 saturated heterocycles. The highest BCUT2D eigenvalue weighted by Crippen LogP contribution is 2.28. The second kappa shape index (κ2) is 6.80. The molecule has 2 aliphatic heterocycles. The van der Waals surface area contributed by atoms with Crippen molar-refractivity contribution < 1.29 is 0 Å². The summed E-state index contributed by atoms with van der Waals surface area (Å²) in [6, 6.07) is 7.08. The molecular formula is C18H29N3. The summed E-state index contributed by atoms with van der Waals surface area (Å²) in [6.45, 7) is 6.02. The van der Waals surface area contributed by atoms with Crippen LogP contribution in [0.2, 0.25) is 0 Å². The van der Waals surface area contributed by atoms with Gasteiger partial charge in [0.05, 0.1) is 0 Å². The number of rotatable bonds is 5. The first-order valence-corrected chi connectivity index (χ1v) is 8.46. The van der Waals surface area contributed by atoms with Crippen LogP contribution < -0.4 is 10.2 Å². The fourth-order valence-corrected chi connectivity index (χ4v) is 3.76. The van der Waals surface area contributed by atoms with Crippen LogP contribution in [0.15, 0.2) is 18.2 Å². The van der Waals surface area contributed by atoms with Crippen LogP contribution in [0, 0.1) is 5.92 Å². The summed E-state index contributed by atoms with van der Waals surface area (Å²) >= 11 is 0. The zero-order chi connectivity index (χ0) is 14.7. The van der Waals surface area contributed by atoms with E-state index in [1.54, 1.807) is 5.56 Å². The van der Waals surface area contributed by atoms with Crippen molar-refractivity contribution in [1.82, 2.24) is 10.2 Å². The topological polar surface area (TPSA) is 18.5 Å². The third-order valence-corrected chi connectivity index (χ3v) is 5.19. The summed E-state index contributed by atoms with van der Waals surface area (Å²) in [5.74, 6) is 0.933. The molecule has 0 aromatic heterocycles. The Morgan fingerprint density at radius 2 is 2.00 bits per heavy atom. The van der Waals surface area contributed by atoms with E-state index in [1.165, 1.54) is 63.1 Å². The number of fused-ring (bicyclic) bond motifs is 1. The molecule has 1 aromatic rings. The van der Waals surface area contributed by atoms with Crippen molar-refractivity contribution in [3.63, 3.8) is 0 Å². The van der Waals surface area contributed by atoms with E-state index in [0.717, 1.165) is 12.5 Å². The maximum atomic E-state index is 3.28. The number of likely N-dealkylation sites (tertiary alicyclic amines) is 1. The molecule has 21 heavy (non-hydrogen) atoms. The Kier molecular flexibility index (Phi) is 4.81. The van der Waals surface area contributed by atoms with E-state index >= 15 is 0 Å². The summed E-state index contributed by atoms with van der Waals surface area (Å²) < 4.78 is 0. The standard InChI is InChI=1S/C18H29N3/c1-19-9-5-15-6-11-21(12-7-15)14-16-3-4-18-17(13-16)8-10-20(18)2/h3-4,13,15,19H,5-12,14H2,1-2H3. The Balaban J connectivity index is 1.52. The minimum absolute atomic E-state index is 0.933. The van der Waals surface area contributed by atoms with E-state index in [0.29, 0.717) is 0 Å². The summed E-state index contributed by atoms with van der Waals surface area (Å²) in [6.07, 6.45) is 5.30. The SMILES string of the molecule is CNCCC1CCN(Cc2ccc3c(c2)CCN3C)CC1. The molecule has 116 valence electrons. The van der Waals surface area contributed by atoms with Gasteiger partial charge >= 0.3 is 0 Å². The van der Waals surface area contributed by atoms with Crippen LogP contribution in [0.25, 0.3) is 0 Å². The molecule has 3 heteroatoms. The van der Waals surface area contributed by atoms with Crippen molar-refractivity contribution in [1.29, 1.82) is 0 Å². The average Bonchev–Trinajstić information content (AvgIpc) is 2.87. The molecule has 3 rings (SSSR count). The van der Waals surface area contributed by atoms with Crippen LogP contribution in [-0.4, -0.2) is 45.2 Å². The third-order valence-electron chi connectivity index (χ3n) is 5.19. The first-order valence-electron chi connectivity index (χ1n) is 8.46. The van der Waals surface area contributed by atoms with Crippen LogP contribution in [0.1, 0.15) is 30.4 Å². The van der Waals surface area contributed by atoms with Gasteiger partial charge in [-0.25, -0.2) is 0 Å². The second-order valence-corrected chi connectivity index (χ2v) is 6.75. The first-order chi connectivity index (χ1) is 10.3. The highest BCUT2D eigenvalue weighted by Gasteiger charge is 2.20. The zero-order valence-electron chi connectivity index (χ0n) is 13.6. The lowest BCUT2D eigenvalue weighted by Crippen LogP contribution is -2.34. The number of anilines is 1. The largest absolute Gasteiger partial charge is 0.374 e. The molecule has 1 aromatic carbocycles. The van der Waals surface area contributed by atoms with Gasteiger partial charge in [0.1, 0.15) is 0 Å². The number of hydrogen-bond donors (Lipinski definition) is 1. The van der Waals surface area contributed by atoms with E-state index < -0.39 is 0 Å². The molecule has 2 heterocycles. The fourth-order valence-electron chi connectivity index (χ4n) is 3.76. The monoisotopic (exact) mass is 287 g/mol. The van der Waals surface area contributed by atoms with Gasteiger partial charge < -0.3 is 10.2 Å². The fraction of sp³-hybridized carbons (Fsp3) is 0.667. The number of hydrogen-bond acceptors (Lipinski definition) is 3. The minimum Gasteiger partial charge on any atom is -0.374 e. The highest BCUT2D eigenvalue weighted by atomic mass is 15.1. The molecule has 0 unspecified atom stereocenters. The van der Waals surface area contributed by atoms with Gasteiger partial charge in [-0.3, -0.25) is 4.90 Å². The van der Waals surface area contributed by atoms with Crippen molar-refractivity contribution in [2.24, 2.45) is 5.92 Å². The van der Waals surface area contributed by atoms with Crippen LogP contribution in [0.4, 0.5) is 5.69 Å². The Hall–Kier alpha value is -1.06. The molecule has 0 amide bonds. The van der Waals surface area contributed by atoms with Crippen molar-refractivity contribution >= 4 is 5.69 Å². The number of piperidine rings is 1. The predicted molar refractivity (Wildman–Crippen MR) is 90.0 cm³/mol. The molecule has 2 aliphatic rings. The molecule has 1 N–H and O–H groups in total. The Morgan fingerprint density at radius 1 is 1.19 bits per heavy atom. The summed E-state index contributed by atoms with van der Waals surface area (Å²) in [5.41, 5.74) is 4.47. The van der Waals surface area contributed by atoms with Crippen LogP contribution in [0.3, 0.4) is 0 Å². The van der Waals surface area contributed by atoms with E-state index in [1.807, 2.05) is 0 Å². The molecule has 0 aliphatic carbocycles. The zero-order valence-corrected chi connectivity index (χ0v) is 13.6. The van der Waals surface area contributed by atoms with Crippen molar-refractivity contribution in [3.05, 3.63) is 29.3 Å². The Labute approximate surface area is 129 Å². The van der Waals surface area contributed by atoms with E-state index in [4.69, 9.17) is 0 Å². The molecule has 0 spiro atoms. The van der Waals surface area contributed by atoms with Crippen molar-refractivity contribution in [3.8, 4) is 0 Å². The Bertz CT molecular complexity index is 464. The Morgan fingerprint density at radius 3 is 2.76 bits per heavy atom. The number of nitrogens with one attached hydrogen (secondary N) is 1. The van der Waals surface area contributed by atoms with Crippen molar-refractivity contribution in [2.75, 3.05) is 45.2 Å². The number of likely N-dealkylation sites (N-methyl/N-ethyl adjacent to an activating group) is 1. The molecule has 1 fully saturated rings.